The summed E-state index contributed by atoms with van der Waals surface area (Å²) in [7, 11) is 0. The van der Waals surface area contributed by atoms with Crippen LogP contribution in [0.25, 0.3) is 0 Å². The summed E-state index contributed by atoms with van der Waals surface area (Å²) < 4.78 is 14.0. The smallest absolute Gasteiger partial charge is 0.124 e. The van der Waals surface area contributed by atoms with Gasteiger partial charge in [0.05, 0.1) is 0 Å². The molecule has 4 heteroatoms. The van der Waals surface area contributed by atoms with Gasteiger partial charge in [-0.1, -0.05) is 34.8 Å². The highest BCUT2D eigenvalue weighted by atomic mass is 79.9. The largest absolute Gasteiger partial charge is 0.271 e. The van der Waals surface area contributed by atoms with Gasteiger partial charge in [0, 0.05) is 10.5 Å². The number of halogens is 2. The van der Waals surface area contributed by atoms with Crippen LogP contribution in [0.2, 0.25) is 0 Å². The van der Waals surface area contributed by atoms with E-state index >= 15 is 0 Å². The van der Waals surface area contributed by atoms with Crippen LogP contribution in [0.4, 0.5) is 4.39 Å². The van der Waals surface area contributed by atoms with Crippen molar-refractivity contribution in [3.63, 3.8) is 0 Å². The summed E-state index contributed by atoms with van der Waals surface area (Å²) in [5, 5.41) is 0. The normalized spacial score (nSPS) is 30.8. The molecule has 3 N–H and O–H groups in total. The first kappa shape index (κ1) is 13.5. The van der Waals surface area contributed by atoms with Gasteiger partial charge < -0.3 is 0 Å². The number of rotatable bonds is 4. The molecule has 1 aromatic rings. The maximum Gasteiger partial charge on any atom is 0.124 e. The molecule has 3 atom stereocenters. The first-order valence-corrected chi connectivity index (χ1v) is 7.90. The minimum atomic E-state index is -0.201. The molecule has 3 unspecified atom stereocenters. The number of hydrazine groups is 1. The first-order chi connectivity index (χ1) is 9.20. The average molecular weight is 327 g/mol. The zero-order chi connectivity index (χ0) is 13.4. The molecule has 0 amide bonds. The Kier molecular flexibility index (Phi) is 3.92. The zero-order valence-electron chi connectivity index (χ0n) is 10.9. The monoisotopic (exact) mass is 326 g/mol. The van der Waals surface area contributed by atoms with E-state index < -0.39 is 0 Å². The molecule has 2 fully saturated rings. The molecule has 2 aliphatic carbocycles. The Morgan fingerprint density at radius 2 is 2.00 bits per heavy atom. The van der Waals surface area contributed by atoms with Crippen molar-refractivity contribution in [3.8, 4) is 0 Å². The third kappa shape index (κ3) is 2.71. The highest BCUT2D eigenvalue weighted by molar-refractivity contribution is 9.10. The summed E-state index contributed by atoms with van der Waals surface area (Å²) in [6.07, 6.45) is 6.33. The predicted molar refractivity (Wildman–Crippen MR) is 77.9 cm³/mol. The van der Waals surface area contributed by atoms with Crippen LogP contribution < -0.4 is 11.3 Å². The number of nitrogens with one attached hydrogen (secondary N) is 1. The van der Waals surface area contributed by atoms with Crippen LogP contribution in [0.5, 0.6) is 0 Å². The van der Waals surface area contributed by atoms with Crippen molar-refractivity contribution < 1.29 is 4.39 Å². The quantitative estimate of drug-likeness (QED) is 0.657. The van der Waals surface area contributed by atoms with Crippen molar-refractivity contribution in [2.45, 2.75) is 38.1 Å². The van der Waals surface area contributed by atoms with E-state index in [2.05, 4.69) is 21.4 Å². The molecule has 2 nitrogen and oxygen atoms in total. The van der Waals surface area contributed by atoms with Gasteiger partial charge in [-0.15, -0.1) is 0 Å². The summed E-state index contributed by atoms with van der Waals surface area (Å²) in [5.41, 5.74) is 4.13. The van der Waals surface area contributed by atoms with Crippen LogP contribution >= 0.6 is 15.9 Å². The number of hydrogen-bond donors (Lipinski definition) is 2. The van der Waals surface area contributed by atoms with Gasteiger partial charge >= 0.3 is 0 Å². The van der Waals surface area contributed by atoms with E-state index in [0.717, 1.165) is 28.3 Å². The summed E-state index contributed by atoms with van der Waals surface area (Å²) in [5.74, 6) is 8.01. The Labute approximate surface area is 122 Å². The van der Waals surface area contributed by atoms with Crippen molar-refractivity contribution in [1.29, 1.82) is 0 Å². The van der Waals surface area contributed by atoms with Crippen molar-refractivity contribution in [2.75, 3.05) is 0 Å². The molecular weight excluding hydrogens is 307 g/mol. The Balaban J connectivity index is 1.70. The topological polar surface area (TPSA) is 38.0 Å². The predicted octanol–water partition coefficient (Wildman–Crippen LogP) is 3.40. The molecule has 19 heavy (non-hydrogen) atoms. The van der Waals surface area contributed by atoms with Gasteiger partial charge in [0.15, 0.2) is 0 Å². The molecule has 2 aliphatic rings. The molecule has 0 heterocycles. The van der Waals surface area contributed by atoms with Crippen LogP contribution in [0, 0.1) is 23.6 Å². The molecule has 0 aromatic heterocycles. The summed E-state index contributed by atoms with van der Waals surface area (Å²) in [6, 6.07) is 5.22. The van der Waals surface area contributed by atoms with Gasteiger partial charge in [-0.25, -0.2) is 4.39 Å². The summed E-state index contributed by atoms with van der Waals surface area (Å²) in [6.45, 7) is 0. The molecular formula is C15H20BrFN2. The molecule has 0 saturated heterocycles. The van der Waals surface area contributed by atoms with Gasteiger partial charge in [0.2, 0.25) is 0 Å². The van der Waals surface area contributed by atoms with Gasteiger partial charge in [-0.2, -0.15) is 0 Å². The van der Waals surface area contributed by atoms with E-state index in [1.807, 2.05) is 6.07 Å². The SMILES string of the molecule is NNC(Cc1ccc(F)cc1Br)C1C2CCCCC21. The molecule has 3 rings (SSSR count). The second-order valence-electron chi connectivity index (χ2n) is 5.90. The lowest BCUT2D eigenvalue weighted by Gasteiger charge is -2.17. The van der Waals surface area contributed by atoms with Crippen molar-refractivity contribution in [1.82, 2.24) is 5.43 Å². The minimum Gasteiger partial charge on any atom is -0.271 e. The lowest BCUT2D eigenvalue weighted by atomic mass is 10.0. The zero-order valence-corrected chi connectivity index (χ0v) is 12.5. The fourth-order valence-electron chi connectivity index (χ4n) is 3.87. The van der Waals surface area contributed by atoms with Gasteiger partial charge in [-0.3, -0.25) is 11.3 Å². The number of hydrogen-bond acceptors (Lipinski definition) is 2. The van der Waals surface area contributed by atoms with Crippen LogP contribution in [-0.4, -0.2) is 6.04 Å². The van der Waals surface area contributed by atoms with E-state index in [1.54, 1.807) is 0 Å². The van der Waals surface area contributed by atoms with Gasteiger partial charge in [0.25, 0.3) is 0 Å². The standard InChI is InChI=1S/C15H20BrFN2/c16-13-8-10(17)6-5-9(13)7-14(19-18)15-11-3-1-2-4-12(11)15/h5-6,8,11-12,14-15,19H,1-4,7,18H2. The Hall–Kier alpha value is -0.450. The van der Waals surface area contributed by atoms with E-state index in [4.69, 9.17) is 5.84 Å². The second kappa shape index (κ2) is 5.51. The van der Waals surface area contributed by atoms with Crippen molar-refractivity contribution >= 4 is 15.9 Å². The van der Waals surface area contributed by atoms with Gasteiger partial charge in [0.1, 0.15) is 5.82 Å². The fourth-order valence-corrected chi connectivity index (χ4v) is 4.39. The van der Waals surface area contributed by atoms with Crippen LogP contribution in [-0.2, 0) is 6.42 Å². The van der Waals surface area contributed by atoms with Crippen LogP contribution in [0.15, 0.2) is 22.7 Å². The summed E-state index contributed by atoms with van der Waals surface area (Å²) >= 11 is 3.44. The Morgan fingerprint density at radius 3 is 2.58 bits per heavy atom. The second-order valence-corrected chi connectivity index (χ2v) is 6.76. The molecule has 0 spiro atoms. The summed E-state index contributed by atoms with van der Waals surface area (Å²) in [4.78, 5) is 0. The highest BCUT2D eigenvalue weighted by Gasteiger charge is 2.53. The maximum absolute atomic E-state index is 13.1. The van der Waals surface area contributed by atoms with E-state index in [-0.39, 0.29) is 5.82 Å². The maximum atomic E-state index is 13.1. The Morgan fingerprint density at radius 1 is 1.32 bits per heavy atom. The van der Waals surface area contributed by atoms with Crippen molar-refractivity contribution in [2.24, 2.45) is 23.6 Å². The first-order valence-electron chi connectivity index (χ1n) is 7.10. The molecule has 0 bridgehead atoms. The average Bonchev–Trinajstić information content (AvgIpc) is 3.12. The molecule has 0 aliphatic heterocycles. The molecule has 1 aromatic carbocycles. The van der Waals surface area contributed by atoms with Crippen LogP contribution in [0.1, 0.15) is 31.2 Å². The van der Waals surface area contributed by atoms with Crippen molar-refractivity contribution in [3.05, 3.63) is 34.1 Å². The fraction of sp³-hybridized carbons (Fsp3) is 0.600. The number of fused-ring (bicyclic) bond motifs is 1. The van der Waals surface area contributed by atoms with E-state index in [9.17, 15) is 4.39 Å². The molecule has 104 valence electrons. The lowest BCUT2D eigenvalue weighted by molar-refractivity contribution is 0.436. The third-order valence-corrected chi connectivity index (χ3v) is 5.59. The molecule has 0 radical (unpaired) electrons. The highest BCUT2D eigenvalue weighted by Crippen LogP contribution is 2.57. The number of benzene rings is 1. The Bertz CT molecular complexity index is 453. The van der Waals surface area contributed by atoms with E-state index in [0.29, 0.717) is 12.0 Å². The number of nitrogens with two attached hydrogens (primary N) is 1. The third-order valence-electron chi connectivity index (χ3n) is 4.86. The minimum absolute atomic E-state index is 0.201. The van der Waals surface area contributed by atoms with Crippen LogP contribution in [0.3, 0.4) is 0 Å². The van der Waals surface area contributed by atoms with E-state index in [1.165, 1.54) is 37.8 Å². The van der Waals surface area contributed by atoms with Gasteiger partial charge in [-0.05, 0) is 54.7 Å². The lowest BCUT2D eigenvalue weighted by Crippen LogP contribution is -2.39. The molecule has 2 saturated carbocycles.